The number of carbonyl (C=O) groups excluding carboxylic acids is 1. The average Bonchev–Trinajstić information content (AvgIpc) is 2.69. The summed E-state index contributed by atoms with van der Waals surface area (Å²) in [5, 5.41) is 3.26. The molecule has 0 saturated heterocycles. The maximum absolute atomic E-state index is 12.0. The molecule has 1 aromatic carbocycles. The first-order chi connectivity index (χ1) is 8.60. The second kappa shape index (κ2) is 5.41. The van der Waals surface area contributed by atoms with Gasteiger partial charge in [-0.2, -0.15) is 0 Å². The zero-order chi connectivity index (χ0) is 13.1. The smallest absolute Gasteiger partial charge is 0.267 e. The van der Waals surface area contributed by atoms with Gasteiger partial charge in [-0.3, -0.25) is 4.79 Å². The summed E-state index contributed by atoms with van der Waals surface area (Å²) in [6.45, 7) is 1.78. The summed E-state index contributed by atoms with van der Waals surface area (Å²) in [7, 11) is 0. The van der Waals surface area contributed by atoms with Gasteiger partial charge < -0.3 is 11.1 Å². The molecule has 18 heavy (non-hydrogen) atoms. The lowest BCUT2D eigenvalue weighted by Gasteiger charge is -2.05. The molecule has 0 unspecified atom stereocenters. The molecule has 0 spiro atoms. The highest BCUT2D eigenvalue weighted by Crippen LogP contribution is 2.23. The third-order valence-electron chi connectivity index (χ3n) is 2.35. The van der Waals surface area contributed by atoms with Crippen LogP contribution >= 0.6 is 23.1 Å². The number of nitrogens with one attached hydrogen (secondary N) is 1. The number of amides is 1. The Bertz CT molecular complexity index is 580. The van der Waals surface area contributed by atoms with E-state index in [4.69, 9.17) is 5.73 Å². The van der Waals surface area contributed by atoms with E-state index in [-0.39, 0.29) is 5.91 Å². The van der Waals surface area contributed by atoms with Gasteiger partial charge in [-0.15, -0.1) is 11.8 Å². The normalized spacial score (nSPS) is 10.3. The summed E-state index contributed by atoms with van der Waals surface area (Å²) in [5.41, 5.74) is 7.02. The summed E-state index contributed by atoms with van der Waals surface area (Å²) < 4.78 is 0. The number of aryl methyl sites for hydroxylation is 1. The van der Waals surface area contributed by atoms with Crippen LogP contribution in [0.4, 0.5) is 10.8 Å². The van der Waals surface area contributed by atoms with E-state index >= 15 is 0 Å². The van der Waals surface area contributed by atoms with Crippen molar-refractivity contribution in [3.05, 3.63) is 34.8 Å². The number of hydrogen-bond donors (Lipinski definition) is 2. The highest BCUT2D eigenvalue weighted by molar-refractivity contribution is 7.98. The molecule has 0 aliphatic heterocycles. The summed E-state index contributed by atoms with van der Waals surface area (Å²) in [4.78, 5) is 17.7. The molecular formula is C12H13N3OS2. The van der Waals surface area contributed by atoms with E-state index < -0.39 is 0 Å². The number of thioether (sulfide) groups is 1. The van der Waals surface area contributed by atoms with Gasteiger partial charge in [0.05, 0.1) is 5.69 Å². The number of aromatic nitrogens is 1. The first-order valence-corrected chi connectivity index (χ1v) is 7.32. The van der Waals surface area contributed by atoms with Gasteiger partial charge in [0.1, 0.15) is 4.88 Å². The standard InChI is InChI=1S/C12H13N3OS2/c1-7-10(18-12(13)14-7)11(16)15-8-4-3-5-9(6-8)17-2/h3-6H,1-2H3,(H2,13,14)(H,15,16). The second-order valence-electron chi connectivity index (χ2n) is 3.65. The molecule has 0 bridgehead atoms. The third kappa shape index (κ3) is 2.83. The summed E-state index contributed by atoms with van der Waals surface area (Å²) >= 11 is 2.83. The number of nitrogens with two attached hydrogens (primary N) is 1. The van der Waals surface area contributed by atoms with Gasteiger partial charge in [0.2, 0.25) is 0 Å². The molecule has 2 rings (SSSR count). The molecule has 0 fully saturated rings. The van der Waals surface area contributed by atoms with Crippen LogP contribution < -0.4 is 11.1 Å². The van der Waals surface area contributed by atoms with Crippen molar-refractivity contribution >= 4 is 39.8 Å². The van der Waals surface area contributed by atoms with Crippen molar-refractivity contribution in [2.75, 3.05) is 17.3 Å². The molecule has 1 amide bonds. The van der Waals surface area contributed by atoms with Crippen molar-refractivity contribution in [3.8, 4) is 0 Å². The highest BCUT2D eigenvalue weighted by atomic mass is 32.2. The summed E-state index contributed by atoms with van der Waals surface area (Å²) in [5.74, 6) is -0.167. The van der Waals surface area contributed by atoms with Gasteiger partial charge in [-0.05, 0) is 31.4 Å². The van der Waals surface area contributed by atoms with Gasteiger partial charge in [0.25, 0.3) is 5.91 Å². The lowest BCUT2D eigenvalue weighted by atomic mass is 10.3. The van der Waals surface area contributed by atoms with Crippen molar-refractivity contribution in [1.82, 2.24) is 4.98 Å². The number of carbonyl (C=O) groups is 1. The predicted molar refractivity (Wildman–Crippen MR) is 77.4 cm³/mol. The van der Waals surface area contributed by atoms with Crippen molar-refractivity contribution in [3.63, 3.8) is 0 Å². The fourth-order valence-electron chi connectivity index (χ4n) is 1.52. The molecule has 0 aliphatic carbocycles. The molecule has 0 aliphatic rings. The Labute approximate surface area is 114 Å². The summed E-state index contributed by atoms with van der Waals surface area (Å²) in [6, 6.07) is 7.70. The largest absolute Gasteiger partial charge is 0.375 e. The van der Waals surface area contributed by atoms with Crippen LogP contribution in [0.2, 0.25) is 0 Å². The fraction of sp³-hybridized carbons (Fsp3) is 0.167. The van der Waals surface area contributed by atoms with Crippen LogP contribution in [0.25, 0.3) is 0 Å². The molecule has 94 valence electrons. The molecule has 3 N–H and O–H groups in total. The molecular weight excluding hydrogens is 266 g/mol. The number of thiazole rings is 1. The number of nitrogens with zero attached hydrogens (tertiary/aromatic N) is 1. The van der Waals surface area contributed by atoms with E-state index in [0.29, 0.717) is 15.7 Å². The maximum Gasteiger partial charge on any atom is 0.267 e. The first-order valence-electron chi connectivity index (χ1n) is 5.28. The minimum absolute atomic E-state index is 0.167. The van der Waals surface area contributed by atoms with Crippen molar-refractivity contribution in [1.29, 1.82) is 0 Å². The predicted octanol–water partition coefficient (Wildman–Crippen LogP) is 3.01. The van der Waals surface area contributed by atoms with Crippen LogP contribution in [0.1, 0.15) is 15.4 Å². The van der Waals surface area contributed by atoms with E-state index in [9.17, 15) is 4.79 Å². The van der Waals surface area contributed by atoms with Gasteiger partial charge in [-0.1, -0.05) is 17.4 Å². The Hall–Kier alpha value is -1.53. The molecule has 6 heteroatoms. The Morgan fingerprint density at radius 2 is 2.28 bits per heavy atom. The van der Waals surface area contributed by atoms with Crippen LogP contribution in [-0.4, -0.2) is 17.1 Å². The number of rotatable bonds is 3. The van der Waals surface area contributed by atoms with E-state index in [0.717, 1.165) is 10.6 Å². The van der Waals surface area contributed by atoms with Gasteiger partial charge in [0.15, 0.2) is 5.13 Å². The minimum atomic E-state index is -0.167. The lowest BCUT2D eigenvalue weighted by molar-refractivity contribution is 0.103. The van der Waals surface area contributed by atoms with Gasteiger partial charge >= 0.3 is 0 Å². The zero-order valence-corrected chi connectivity index (χ0v) is 11.7. The Balaban J connectivity index is 2.18. The number of nitrogen functional groups attached to an aromatic ring is 1. The number of benzene rings is 1. The fourth-order valence-corrected chi connectivity index (χ4v) is 2.70. The molecule has 4 nitrogen and oxygen atoms in total. The zero-order valence-electron chi connectivity index (χ0n) is 10.1. The van der Waals surface area contributed by atoms with Crippen LogP contribution in [0.15, 0.2) is 29.2 Å². The Kier molecular flexibility index (Phi) is 3.88. The molecule has 0 radical (unpaired) electrons. The van der Waals surface area contributed by atoms with Crippen LogP contribution in [0.5, 0.6) is 0 Å². The number of hydrogen-bond acceptors (Lipinski definition) is 5. The van der Waals surface area contributed by atoms with Crippen LogP contribution in [0.3, 0.4) is 0 Å². The van der Waals surface area contributed by atoms with Crippen LogP contribution in [-0.2, 0) is 0 Å². The quantitative estimate of drug-likeness (QED) is 0.847. The molecule has 2 aromatic rings. The summed E-state index contributed by atoms with van der Waals surface area (Å²) in [6.07, 6.45) is 2.00. The highest BCUT2D eigenvalue weighted by Gasteiger charge is 2.14. The SMILES string of the molecule is CSc1cccc(NC(=O)c2sc(N)nc2C)c1. The van der Waals surface area contributed by atoms with E-state index in [1.165, 1.54) is 11.3 Å². The lowest BCUT2D eigenvalue weighted by Crippen LogP contribution is -2.11. The average molecular weight is 279 g/mol. The van der Waals surface area contributed by atoms with E-state index in [2.05, 4.69) is 10.3 Å². The number of anilines is 2. The van der Waals surface area contributed by atoms with Crippen LogP contribution in [0, 0.1) is 6.92 Å². The van der Waals surface area contributed by atoms with E-state index in [1.54, 1.807) is 18.7 Å². The maximum atomic E-state index is 12.0. The van der Waals surface area contributed by atoms with Crippen molar-refractivity contribution in [2.45, 2.75) is 11.8 Å². The minimum Gasteiger partial charge on any atom is -0.375 e. The van der Waals surface area contributed by atoms with Gasteiger partial charge in [0, 0.05) is 10.6 Å². The van der Waals surface area contributed by atoms with Crippen molar-refractivity contribution < 1.29 is 4.79 Å². The Morgan fingerprint density at radius 1 is 1.50 bits per heavy atom. The topological polar surface area (TPSA) is 68.0 Å². The molecule has 0 saturated carbocycles. The first kappa shape index (κ1) is 12.9. The molecule has 1 aromatic heterocycles. The Morgan fingerprint density at radius 3 is 2.89 bits per heavy atom. The second-order valence-corrected chi connectivity index (χ2v) is 5.56. The third-order valence-corrected chi connectivity index (χ3v) is 4.06. The van der Waals surface area contributed by atoms with Crippen molar-refractivity contribution in [2.24, 2.45) is 0 Å². The molecule has 1 heterocycles. The van der Waals surface area contributed by atoms with Gasteiger partial charge in [-0.25, -0.2) is 4.98 Å². The monoisotopic (exact) mass is 279 g/mol. The molecule has 0 atom stereocenters. The van der Waals surface area contributed by atoms with E-state index in [1.807, 2.05) is 30.5 Å².